The van der Waals surface area contributed by atoms with Gasteiger partial charge in [0, 0.05) is 23.4 Å². The lowest BCUT2D eigenvalue weighted by Crippen LogP contribution is -2.48. The average Bonchev–Trinajstić information content (AvgIpc) is 2.39. The highest BCUT2D eigenvalue weighted by atomic mass is 35.5. The van der Waals surface area contributed by atoms with E-state index in [2.05, 4.69) is 0 Å². The first-order valence-corrected chi connectivity index (χ1v) is 7.28. The van der Waals surface area contributed by atoms with Crippen LogP contribution in [0.25, 0.3) is 0 Å². The van der Waals surface area contributed by atoms with Crippen molar-refractivity contribution in [3.8, 4) is 5.75 Å². The van der Waals surface area contributed by atoms with Crippen LogP contribution in [0.5, 0.6) is 5.75 Å². The minimum absolute atomic E-state index is 0.0513. The van der Waals surface area contributed by atoms with E-state index in [1.54, 1.807) is 12.1 Å². The Hall–Kier alpha value is -0.770. The van der Waals surface area contributed by atoms with Crippen LogP contribution >= 0.6 is 11.6 Å². The molecule has 3 nitrogen and oxygen atoms in total. The Kier molecular flexibility index (Phi) is 3.70. The fraction of sp³-hybridized carbons (Fsp3) is 0.600. The highest BCUT2D eigenvalue weighted by Gasteiger charge is 2.43. The molecule has 1 unspecified atom stereocenters. The number of hydrogen-bond acceptors (Lipinski definition) is 3. The highest BCUT2D eigenvalue weighted by molar-refractivity contribution is 6.30. The Morgan fingerprint density at radius 3 is 2.95 bits per heavy atom. The van der Waals surface area contributed by atoms with Gasteiger partial charge >= 0.3 is 0 Å². The minimum Gasteiger partial charge on any atom is -0.490 e. The fourth-order valence-corrected chi connectivity index (χ4v) is 3.16. The number of benzene rings is 1. The summed E-state index contributed by atoms with van der Waals surface area (Å²) in [6.45, 7) is 0.719. The normalized spacial score (nSPS) is 25.1. The van der Waals surface area contributed by atoms with Gasteiger partial charge in [-0.2, -0.15) is 0 Å². The summed E-state index contributed by atoms with van der Waals surface area (Å²) in [6.07, 6.45) is 5.62. The van der Waals surface area contributed by atoms with Crippen molar-refractivity contribution in [3.63, 3.8) is 0 Å². The summed E-state index contributed by atoms with van der Waals surface area (Å²) in [7, 11) is 0. The van der Waals surface area contributed by atoms with Crippen molar-refractivity contribution in [2.75, 3.05) is 6.61 Å². The van der Waals surface area contributed by atoms with Gasteiger partial charge in [0.25, 0.3) is 0 Å². The second-order valence-corrected chi connectivity index (χ2v) is 5.96. The molecule has 1 spiro atoms. The van der Waals surface area contributed by atoms with Crippen LogP contribution in [-0.2, 0) is 11.3 Å². The van der Waals surface area contributed by atoms with Crippen LogP contribution in [0.1, 0.15) is 37.7 Å². The van der Waals surface area contributed by atoms with Gasteiger partial charge in [0.2, 0.25) is 0 Å². The number of aliphatic hydroxyl groups excluding tert-OH is 1. The molecule has 19 heavy (non-hydrogen) atoms. The van der Waals surface area contributed by atoms with Crippen LogP contribution in [0.2, 0.25) is 5.02 Å². The van der Waals surface area contributed by atoms with Crippen molar-refractivity contribution >= 4 is 11.6 Å². The third kappa shape index (κ3) is 2.73. The van der Waals surface area contributed by atoms with E-state index in [4.69, 9.17) is 21.1 Å². The van der Waals surface area contributed by atoms with Crippen molar-refractivity contribution in [2.45, 2.75) is 50.4 Å². The summed E-state index contributed by atoms with van der Waals surface area (Å²) in [5.41, 5.74) is 0.830. The van der Waals surface area contributed by atoms with Crippen LogP contribution < -0.4 is 4.74 Å². The van der Waals surface area contributed by atoms with Gasteiger partial charge in [-0.15, -0.1) is 0 Å². The molecule has 1 N–H and O–H groups in total. The SMILES string of the molecule is OCc1cc(Cl)ccc1OC1CCOC2(CCC2)C1. The second kappa shape index (κ2) is 5.31. The maximum absolute atomic E-state index is 9.37. The van der Waals surface area contributed by atoms with Crippen LogP contribution in [-0.4, -0.2) is 23.4 Å². The van der Waals surface area contributed by atoms with Gasteiger partial charge in [-0.05, 0) is 37.5 Å². The molecule has 1 atom stereocenters. The molecule has 1 aliphatic heterocycles. The maximum atomic E-state index is 9.37. The molecular weight excluding hydrogens is 264 g/mol. The molecule has 0 bridgehead atoms. The third-order valence-electron chi connectivity index (χ3n) is 4.20. The lowest BCUT2D eigenvalue weighted by Gasteiger charge is -2.47. The average molecular weight is 283 g/mol. The van der Waals surface area contributed by atoms with E-state index in [0.29, 0.717) is 5.02 Å². The Labute approximate surface area is 118 Å². The monoisotopic (exact) mass is 282 g/mol. The predicted octanol–water partition coefficient (Wildman–Crippen LogP) is 3.31. The second-order valence-electron chi connectivity index (χ2n) is 5.53. The van der Waals surface area contributed by atoms with Gasteiger partial charge in [-0.25, -0.2) is 0 Å². The van der Waals surface area contributed by atoms with E-state index in [1.165, 1.54) is 6.42 Å². The fourth-order valence-electron chi connectivity index (χ4n) is 2.97. The Balaban J connectivity index is 1.70. The summed E-state index contributed by atoms with van der Waals surface area (Å²) in [5, 5.41) is 9.99. The summed E-state index contributed by atoms with van der Waals surface area (Å²) in [4.78, 5) is 0. The number of ether oxygens (including phenoxy) is 2. The first-order valence-electron chi connectivity index (χ1n) is 6.91. The van der Waals surface area contributed by atoms with Gasteiger partial charge in [0.05, 0.1) is 18.8 Å². The Bertz CT molecular complexity index is 457. The Morgan fingerprint density at radius 2 is 2.26 bits per heavy atom. The number of rotatable bonds is 3. The van der Waals surface area contributed by atoms with E-state index >= 15 is 0 Å². The maximum Gasteiger partial charge on any atom is 0.125 e. The summed E-state index contributed by atoms with van der Waals surface area (Å²) in [6, 6.07) is 5.40. The molecule has 1 aromatic carbocycles. The molecule has 1 aromatic rings. The van der Waals surface area contributed by atoms with Crippen LogP contribution in [0, 0.1) is 0 Å². The molecule has 1 saturated carbocycles. The molecule has 2 fully saturated rings. The zero-order valence-electron chi connectivity index (χ0n) is 10.9. The first-order chi connectivity index (χ1) is 9.21. The standard InChI is InChI=1S/C15H19ClO3/c16-12-2-3-14(11(8-12)10-17)19-13-4-7-18-15(9-13)5-1-6-15/h2-3,8,13,17H,1,4-7,9-10H2. The van der Waals surface area contributed by atoms with Crippen LogP contribution in [0.15, 0.2) is 18.2 Å². The van der Waals surface area contributed by atoms with Crippen molar-refractivity contribution < 1.29 is 14.6 Å². The number of hydrogen-bond donors (Lipinski definition) is 1. The molecule has 104 valence electrons. The lowest BCUT2D eigenvalue weighted by molar-refractivity contribution is -0.153. The van der Waals surface area contributed by atoms with Crippen molar-refractivity contribution in [3.05, 3.63) is 28.8 Å². The molecule has 1 aliphatic carbocycles. The molecule has 1 heterocycles. The molecular formula is C15H19ClO3. The zero-order chi connectivity index (χ0) is 13.3. The largest absolute Gasteiger partial charge is 0.490 e. The van der Waals surface area contributed by atoms with Gasteiger partial charge in [0.1, 0.15) is 11.9 Å². The molecule has 0 amide bonds. The van der Waals surface area contributed by atoms with E-state index in [0.717, 1.165) is 43.6 Å². The van der Waals surface area contributed by atoms with Gasteiger partial charge in [0.15, 0.2) is 0 Å². The van der Waals surface area contributed by atoms with Crippen molar-refractivity contribution in [1.29, 1.82) is 0 Å². The topological polar surface area (TPSA) is 38.7 Å². The highest BCUT2D eigenvalue weighted by Crippen LogP contribution is 2.43. The van der Waals surface area contributed by atoms with E-state index in [-0.39, 0.29) is 18.3 Å². The van der Waals surface area contributed by atoms with E-state index in [9.17, 15) is 5.11 Å². The molecule has 0 aromatic heterocycles. The number of aliphatic hydroxyl groups is 1. The predicted molar refractivity (Wildman–Crippen MR) is 73.6 cm³/mol. The van der Waals surface area contributed by atoms with Gasteiger partial charge in [-0.3, -0.25) is 0 Å². The summed E-state index contributed by atoms with van der Waals surface area (Å²) in [5.74, 6) is 0.744. The van der Waals surface area contributed by atoms with E-state index in [1.807, 2.05) is 6.07 Å². The van der Waals surface area contributed by atoms with Crippen LogP contribution in [0.4, 0.5) is 0 Å². The molecule has 4 heteroatoms. The lowest BCUT2D eigenvalue weighted by atomic mass is 9.74. The zero-order valence-corrected chi connectivity index (χ0v) is 11.7. The minimum atomic E-state index is -0.0513. The van der Waals surface area contributed by atoms with Crippen molar-refractivity contribution in [2.24, 2.45) is 0 Å². The van der Waals surface area contributed by atoms with Crippen molar-refractivity contribution in [1.82, 2.24) is 0 Å². The van der Waals surface area contributed by atoms with E-state index < -0.39 is 0 Å². The molecule has 3 rings (SSSR count). The molecule has 2 aliphatic rings. The molecule has 0 radical (unpaired) electrons. The Morgan fingerprint density at radius 1 is 1.42 bits per heavy atom. The van der Waals surface area contributed by atoms with Gasteiger partial charge < -0.3 is 14.6 Å². The summed E-state index contributed by atoms with van der Waals surface area (Å²) >= 11 is 5.93. The number of halogens is 1. The molecule has 1 saturated heterocycles. The first kappa shape index (κ1) is 13.2. The quantitative estimate of drug-likeness (QED) is 0.924. The summed E-state index contributed by atoms with van der Waals surface area (Å²) < 4.78 is 12.0. The van der Waals surface area contributed by atoms with Gasteiger partial charge in [-0.1, -0.05) is 11.6 Å². The smallest absolute Gasteiger partial charge is 0.125 e. The van der Waals surface area contributed by atoms with Crippen LogP contribution in [0.3, 0.4) is 0 Å². The third-order valence-corrected chi connectivity index (χ3v) is 4.43.